The third kappa shape index (κ3) is 3.64. The summed E-state index contributed by atoms with van der Waals surface area (Å²) in [6, 6.07) is 7.46. The number of hydrogen-bond donors (Lipinski definition) is 2. The summed E-state index contributed by atoms with van der Waals surface area (Å²) in [4.78, 5) is 25.4. The van der Waals surface area contributed by atoms with E-state index in [1.54, 1.807) is 0 Å². The van der Waals surface area contributed by atoms with Crippen LogP contribution in [-0.4, -0.2) is 11.8 Å². The Labute approximate surface area is 147 Å². The Balaban J connectivity index is 1.93. The average Bonchev–Trinajstić information content (AvgIpc) is 2.86. The van der Waals surface area contributed by atoms with Crippen molar-refractivity contribution in [3.8, 4) is 0 Å². The van der Waals surface area contributed by atoms with Crippen LogP contribution in [0.5, 0.6) is 0 Å². The van der Waals surface area contributed by atoms with Crippen LogP contribution in [0.1, 0.15) is 40.6 Å². The van der Waals surface area contributed by atoms with Crippen molar-refractivity contribution >= 4 is 49.8 Å². The van der Waals surface area contributed by atoms with Crippen LogP contribution < -0.4 is 10.6 Å². The molecule has 1 aliphatic rings. The highest BCUT2D eigenvalue weighted by Gasteiger charge is 2.25. The van der Waals surface area contributed by atoms with E-state index in [1.807, 2.05) is 24.3 Å². The molecule has 0 spiro atoms. The maximum Gasteiger partial charge on any atom is 0.258 e. The third-order valence-corrected chi connectivity index (χ3v) is 5.53. The quantitative estimate of drug-likeness (QED) is 0.801. The minimum Gasteiger partial charge on any atom is -0.322 e. The molecule has 0 aliphatic heterocycles. The highest BCUT2D eigenvalue weighted by atomic mass is 79.9. The van der Waals surface area contributed by atoms with Gasteiger partial charge in [-0.05, 0) is 55.5 Å². The van der Waals surface area contributed by atoms with Gasteiger partial charge in [0.1, 0.15) is 5.00 Å². The molecule has 0 unspecified atom stereocenters. The Morgan fingerprint density at radius 1 is 1.09 bits per heavy atom. The van der Waals surface area contributed by atoms with E-state index >= 15 is 0 Å². The van der Waals surface area contributed by atoms with Gasteiger partial charge in [-0.15, -0.1) is 11.3 Å². The van der Waals surface area contributed by atoms with E-state index in [4.69, 9.17) is 0 Å². The van der Waals surface area contributed by atoms with Crippen LogP contribution in [0, 0.1) is 0 Å². The Morgan fingerprint density at radius 3 is 2.48 bits per heavy atom. The summed E-state index contributed by atoms with van der Waals surface area (Å²) >= 11 is 4.91. The molecule has 0 atom stereocenters. The van der Waals surface area contributed by atoms with E-state index in [-0.39, 0.29) is 11.8 Å². The first-order valence-corrected chi connectivity index (χ1v) is 9.14. The standard InChI is InChI=1S/C17H17BrN2O2S/c1-10(21)19-17-15(13-4-2-3-5-14(13)23-17)16(22)20-12-8-6-11(18)7-9-12/h6-9H,2-5H2,1H3,(H,19,21)(H,20,22). The maximum absolute atomic E-state index is 12.8. The topological polar surface area (TPSA) is 58.2 Å². The lowest BCUT2D eigenvalue weighted by Crippen LogP contribution is -2.17. The minimum atomic E-state index is -0.157. The van der Waals surface area contributed by atoms with Gasteiger partial charge in [0, 0.05) is 22.0 Å². The zero-order valence-electron chi connectivity index (χ0n) is 12.7. The van der Waals surface area contributed by atoms with Crippen LogP contribution in [0.3, 0.4) is 0 Å². The number of halogens is 1. The molecule has 6 heteroatoms. The molecule has 2 N–H and O–H groups in total. The number of nitrogens with one attached hydrogen (secondary N) is 2. The number of thiophene rings is 1. The maximum atomic E-state index is 12.8. The van der Waals surface area contributed by atoms with Gasteiger partial charge in [0.2, 0.25) is 5.91 Å². The van der Waals surface area contributed by atoms with Crippen LogP contribution in [0.15, 0.2) is 28.7 Å². The van der Waals surface area contributed by atoms with Crippen molar-refractivity contribution in [1.29, 1.82) is 0 Å². The number of rotatable bonds is 3. The number of fused-ring (bicyclic) bond motifs is 1. The first-order valence-electron chi connectivity index (χ1n) is 7.53. The predicted octanol–water partition coefficient (Wildman–Crippen LogP) is 4.60. The van der Waals surface area contributed by atoms with Crippen molar-refractivity contribution < 1.29 is 9.59 Å². The largest absolute Gasteiger partial charge is 0.322 e. The van der Waals surface area contributed by atoms with Gasteiger partial charge in [-0.1, -0.05) is 15.9 Å². The van der Waals surface area contributed by atoms with Crippen LogP contribution in [0.2, 0.25) is 0 Å². The fourth-order valence-corrected chi connectivity index (χ4v) is 4.38. The van der Waals surface area contributed by atoms with Crippen LogP contribution in [0.25, 0.3) is 0 Å². The van der Waals surface area contributed by atoms with Crippen LogP contribution >= 0.6 is 27.3 Å². The summed E-state index contributed by atoms with van der Waals surface area (Å²) in [7, 11) is 0. The summed E-state index contributed by atoms with van der Waals surface area (Å²) in [5, 5.41) is 6.41. The van der Waals surface area contributed by atoms with E-state index in [2.05, 4.69) is 26.6 Å². The van der Waals surface area contributed by atoms with E-state index in [0.717, 1.165) is 41.4 Å². The van der Waals surface area contributed by atoms with Crippen molar-refractivity contribution in [2.75, 3.05) is 10.6 Å². The second kappa shape index (κ2) is 6.84. The molecular weight excluding hydrogens is 376 g/mol. The summed E-state index contributed by atoms with van der Waals surface area (Å²) in [6.45, 7) is 1.47. The second-order valence-corrected chi connectivity index (χ2v) is 7.58. The number of anilines is 2. The van der Waals surface area contributed by atoms with Crippen molar-refractivity contribution in [3.63, 3.8) is 0 Å². The molecule has 1 aromatic heterocycles. The van der Waals surface area contributed by atoms with E-state index in [9.17, 15) is 9.59 Å². The SMILES string of the molecule is CC(=O)Nc1sc2c(c1C(=O)Nc1ccc(Br)cc1)CCCC2. The molecule has 0 saturated heterocycles. The van der Waals surface area contributed by atoms with Gasteiger partial charge in [0.15, 0.2) is 0 Å². The Kier molecular flexibility index (Phi) is 4.82. The molecule has 3 rings (SSSR count). The molecule has 2 amide bonds. The van der Waals surface area contributed by atoms with Crippen molar-refractivity contribution in [3.05, 3.63) is 44.7 Å². The predicted molar refractivity (Wildman–Crippen MR) is 97.4 cm³/mol. The van der Waals surface area contributed by atoms with Gasteiger partial charge >= 0.3 is 0 Å². The number of carbonyl (C=O) groups excluding carboxylic acids is 2. The lowest BCUT2D eigenvalue weighted by atomic mass is 9.95. The van der Waals surface area contributed by atoms with E-state index < -0.39 is 0 Å². The first kappa shape index (κ1) is 16.2. The summed E-state index contributed by atoms with van der Waals surface area (Å²) in [6.07, 6.45) is 4.11. The molecule has 2 aromatic rings. The summed E-state index contributed by atoms with van der Waals surface area (Å²) in [5.41, 5.74) is 2.46. The third-order valence-electron chi connectivity index (χ3n) is 3.79. The average molecular weight is 393 g/mol. The molecule has 1 aromatic carbocycles. The van der Waals surface area contributed by atoms with Crippen molar-refractivity contribution in [1.82, 2.24) is 0 Å². The highest BCUT2D eigenvalue weighted by molar-refractivity contribution is 9.10. The first-order chi connectivity index (χ1) is 11.0. The zero-order chi connectivity index (χ0) is 16.4. The fourth-order valence-electron chi connectivity index (χ4n) is 2.78. The normalized spacial score (nSPS) is 13.3. The van der Waals surface area contributed by atoms with E-state index in [1.165, 1.54) is 23.1 Å². The number of hydrogen-bond acceptors (Lipinski definition) is 3. The molecule has 0 fully saturated rings. The Hall–Kier alpha value is -1.66. The Bertz CT molecular complexity index is 753. The number of amides is 2. The highest BCUT2D eigenvalue weighted by Crippen LogP contribution is 2.38. The fraction of sp³-hybridized carbons (Fsp3) is 0.294. The van der Waals surface area contributed by atoms with Crippen molar-refractivity contribution in [2.45, 2.75) is 32.6 Å². The monoisotopic (exact) mass is 392 g/mol. The Morgan fingerprint density at radius 2 is 1.78 bits per heavy atom. The molecule has 1 heterocycles. The molecular formula is C17H17BrN2O2S. The number of aryl methyl sites for hydroxylation is 1. The smallest absolute Gasteiger partial charge is 0.258 e. The van der Waals surface area contributed by atoms with Gasteiger partial charge in [0.25, 0.3) is 5.91 Å². The van der Waals surface area contributed by atoms with Crippen molar-refractivity contribution in [2.24, 2.45) is 0 Å². The lowest BCUT2D eigenvalue weighted by molar-refractivity contribution is -0.114. The molecule has 120 valence electrons. The summed E-state index contributed by atoms with van der Waals surface area (Å²) in [5.74, 6) is -0.309. The molecule has 1 aliphatic carbocycles. The molecule has 0 bridgehead atoms. The molecule has 0 saturated carbocycles. The van der Waals surface area contributed by atoms with Crippen LogP contribution in [-0.2, 0) is 17.6 Å². The van der Waals surface area contributed by atoms with Gasteiger partial charge in [-0.3, -0.25) is 9.59 Å². The second-order valence-electron chi connectivity index (χ2n) is 5.56. The summed E-state index contributed by atoms with van der Waals surface area (Å²) < 4.78 is 0.961. The van der Waals surface area contributed by atoms with Gasteiger partial charge in [-0.2, -0.15) is 0 Å². The van der Waals surface area contributed by atoms with Crippen LogP contribution in [0.4, 0.5) is 10.7 Å². The number of benzene rings is 1. The van der Waals surface area contributed by atoms with Gasteiger partial charge < -0.3 is 10.6 Å². The van der Waals surface area contributed by atoms with Gasteiger partial charge in [-0.25, -0.2) is 0 Å². The molecule has 23 heavy (non-hydrogen) atoms. The molecule has 4 nitrogen and oxygen atoms in total. The molecule has 0 radical (unpaired) electrons. The van der Waals surface area contributed by atoms with E-state index in [0.29, 0.717) is 10.6 Å². The van der Waals surface area contributed by atoms with Gasteiger partial charge in [0.05, 0.1) is 5.56 Å². The zero-order valence-corrected chi connectivity index (χ0v) is 15.1. The number of carbonyl (C=O) groups is 2. The lowest BCUT2D eigenvalue weighted by Gasteiger charge is -2.13. The minimum absolute atomic E-state index is 0.152.